The maximum absolute atomic E-state index is 9.56. The molecule has 0 radical (unpaired) electrons. The zero-order valence-electron chi connectivity index (χ0n) is 11.1. The fourth-order valence-corrected chi connectivity index (χ4v) is 3.34. The van der Waals surface area contributed by atoms with Gasteiger partial charge in [0.2, 0.25) is 0 Å². The summed E-state index contributed by atoms with van der Waals surface area (Å²) in [7, 11) is 0. The summed E-state index contributed by atoms with van der Waals surface area (Å²) in [4.78, 5) is 0. The number of hydrogen-bond donors (Lipinski definition) is 2. The van der Waals surface area contributed by atoms with Gasteiger partial charge in [0.15, 0.2) is 0 Å². The van der Waals surface area contributed by atoms with Gasteiger partial charge in [-0.3, -0.25) is 0 Å². The van der Waals surface area contributed by atoms with Crippen molar-refractivity contribution < 1.29 is 5.11 Å². The topological polar surface area (TPSA) is 32.3 Å². The summed E-state index contributed by atoms with van der Waals surface area (Å²) in [6.45, 7) is 0.871. The van der Waals surface area contributed by atoms with Crippen LogP contribution in [0, 0.1) is 0 Å². The minimum atomic E-state index is -0.0186. The van der Waals surface area contributed by atoms with Crippen LogP contribution < -0.4 is 5.32 Å². The van der Waals surface area contributed by atoms with Crippen molar-refractivity contribution in [2.45, 2.75) is 12.6 Å². The molecule has 2 aromatic carbocycles. The molecule has 0 amide bonds. The van der Waals surface area contributed by atoms with Gasteiger partial charge in [-0.1, -0.05) is 48.5 Å². The first-order chi connectivity index (χ1) is 9.88. The summed E-state index contributed by atoms with van der Waals surface area (Å²) in [5.74, 6) is 0. The van der Waals surface area contributed by atoms with E-state index in [2.05, 4.69) is 35.0 Å². The number of fused-ring (bicyclic) bond motifs is 1. The van der Waals surface area contributed by atoms with E-state index in [-0.39, 0.29) is 12.6 Å². The second-order valence-electron chi connectivity index (χ2n) is 4.78. The van der Waals surface area contributed by atoms with E-state index >= 15 is 0 Å². The number of benzene rings is 2. The molecule has 0 aliphatic rings. The molecule has 3 aromatic rings. The van der Waals surface area contributed by atoms with Crippen LogP contribution in [0.5, 0.6) is 0 Å². The lowest BCUT2D eigenvalue weighted by molar-refractivity contribution is 0.244. The average Bonchev–Trinajstić information content (AvgIpc) is 2.92. The third kappa shape index (κ3) is 2.75. The van der Waals surface area contributed by atoms with Crippen LogP contribution in [-0.2, 0) is 6.54 Å². The third-order valence-electron chi connectivity index (χ3n) is 3.48. The van der Waals surface area contributed by atoms with Gasteiger partial charge in [0.05, 0.1) is 12.6 Å². The Kier molecular flexibility index (Phi) is 4.11. The van der Waals surface area contributed by atoms with E-state index in [0.29, 0.717) is 0 Å². The maximum atomic E-state index is 9.56. The Morgan fingerprint density at radius 1 is 1.00 bits per heavy atom. The van der Waals surface area contributed by atoms with Crippen LogP contribution in [-0.4, -0.2) is 11.7 Å². The van der Waals surface area contributed by atoms with Crippen molar-refractivity contribution >= 4 is 21.4 Å². The number of rotatable bonds is 5. The fraction of sp³-hybridized carbons (Fsp3) is 0.176. The average molecular weight is 283 g/mol. The molecule has 102 valence electrons. The molecule has 0 bridgehead atoms. The fourth-order valence-electron chi connectivity index (χ4n) is 2.38. The van der Waals surface area contributed by atoms with Crippen LogP contribution in [0.2, 0.25) is 0 Å². The van der Waals surface area contributed by atoms with Crippen molar-refractivity contribution in [2.24, 2.45) is 0 Å². The minimum Gasteiger partial charge on any atom is -0.394 e. The molecule has 0 aliphatic carbocycles. The summed E-state index contributed by atoms with van der Waals surface area (Å²) < 4.78 is 1.31. The smallest absolute Gasteiger partial charge is 0.0626 e. The molecule has 0 aliphatic heterocycles. The van der Waals surface area contributed by atoms with Crippen LogP contribution in [0.25, 0.3) is 10.1 Å². The van der Waals surface area contributed by atoms with Crippen LogP contribution >= 0.6 is 11.3 Å². The molecule has 3 rings (SSSR count). The highest BCUT2D eigenvalue weighted by molar-refractivity contribution is 7.17. The van der Waals surface area contributed by atoms with E-state index in [1.54, 1.807) is 11.3 Å². The summed E-state index contributed by atoms with van der Waals surface area (Å²) in [6.07, 6.45) is 0. The highest BCUT2D eigenvalue weighted by atomic mass is 32.1. The predicted molar refractivity (Wildman–Crippen MR) is 84.9 cm³/mol. The van der Waals surface area contributed by atoms with Crippen molar-refractivity contribution in [3.05, 3.63) is 71.1 Å². The van der Waals surface area contributed by atoms with Gasteiger partial charge >= 0.3 is 0 Å². The molecule has 1 aromatic heterocycles. The molecule has 0 saturated heterocycles. The first kappa shape index (κ1) is 13.3. The number of hydrogen-bond acceptors (Lipinski definition) is 3. The normalized spacial score (nSPS) is 12.7. The Labute approximate surface area is 122 Å². The standard InChI is InChI=1S/C17H17NOS/c19-11-16(13-6-2-1-3-7-13)18-10-14-12-20-17-9-5-4-8-15(14)17/h1-9,12,16,18-19H,10-11H2. The summed E-state index contributed by atoms with van der Waals surface area (Å²) in [5, 5.41) is 16.5. The van der Waals surface area contributed by atoms with Gasteiger partial charge in [-0.2, -0.15) is 0 Å². The van der Waals surface area contributed by atoms with Gasteiger partial charge in [0, 0.05) is 11.2 Å². The molecular weight excluding hydrogens is 266 g/mol. The van der Waals surface area contributed by atoms with Gasteiger partial charge < -0.3 is 10.4 Å². The minimum absolute atomic E-state index is 0.0186. The highest BCUT2D eigenvalue weighted by Crippen LogP contribution is 2.26. The van der Waals surface area contributed by atoms with Crippen LogP contribution in [0.15, 0.2) is 60.0 Å². The lowest BCUT2D eigenvalue weighted by Crippen LogP contribution is -2.23. The summed E-state index contributed by atoms with van der Waals surface area (Å²) in [6, 6.07) is 18.5. The van der Waals surface area contributed by atoms with Gasteiger partial charge in [-0.15, -0.1) is 11.3 Å². The van der Waals surface area contributed by atoms with Crippen LogP contribution in [0.1, 0.15) is 17.2 Å². The van der Waals surface area contributed by atoms with E-state index in [4.69, 9.17) is 0 Å². The van der Waals surface area contributed by atoms with Crippen LogP contribution in [0.4, 0.5) is 0 Å². The zero-order valence-corrected chi connectivity index (χ0v) is 11.9. The number of thiophene rings is 1. The highest BCUT2D eigenvalue weighted by Gasteiger charge is 2.10. The second kappa shape index (κ2) is 6.18. The van der Waals surface area contributed by atoms with Gasteiger partial charge in [0.1, 0.15) is 0 Å². The molecule has 1 atom stereocenters. The summed E-state index contributed by atoms with van der Waals surface area (Å²) >= 11 is 1.77. The molecular formula is C17H17NOS. The SMILES string of the molecule is OCC(NCc1csc2ccccc12)c1ccccc1. The van der Waals surface area contributed by atoms with E-state index in [1.165, 1.54) is 15.6 Å². The number of aliphatic hydroxyl groups excluding tert-OH is 1. The molecule has 2 N–H and O–H groups in total. The number of nitrogens with one attached hydrogen (secondary N) is 1. The molecule has 1 unspecified atom stereocenters. The van der Waals surface area contributed by atoms with Crippen LogP contribution in [0.3, 0.4) is 0 Å². The third-order valence-corrected chi connectivity index (χ3v) is 4.50. The Bertz CT molecular complexity index is 678. The first-order valence-corrected chi connectivity index (χ1v) is 7.61. The van der Waals surface area contributed by atoms with E-state index in [0.717, 1.165) is 12.1 Å². The second-order valence-corrected chi connectivity index (χ2v) is 5.70. The van der Waals surface area contributed by atoms with Gasteiger partial charge in [-0.05, 0) is 28.0 Å². The molecule has 3 heteroatoms. The Hall–Kier alpha value is -1.68. The van der Waals surface area contributed by atoms with E-state index in [1.807, 2.05) is 30.3 Å². The first-order valence-electron chi connectivity index (χ1n) is 6.73. The quantitative estimate of drug-likeness (QED) is 0.748. The Morgan fingerprint density at radius 2 is 1.75 bits per heavy atom. The van der Waals surface area contributed by atoms with Gasteiger partial charge in [-0.25, -0.2) is 0 Å². The maximum Gasteiger partial charge on any atom is 0.0626 e. The van der Waals surface area contributed by atoms with E-state index < -0.39 is 0 Å². The molecule has 20 heavy (non-hydrogen) atoms. The zero-order chi connectivity index (χ0) is 13.8. The lowest BCUT2D eigenvalue weighted by Gasteiger charge is -2.16. The monoisotopic (exact) mass is 283 g/mol. The largest absolute Gasteiger partial charge is 0.394 e. The molecule has 0 fully saturated rings. The number of aliphatic hydroxyl groups is 1. The van der Waals surface area contributed by atoms with Crippen molar-refractivity contribution in [3.63, 3.8) is 0 Å². The van der Waals surface area contributed by atoms with Gasteiger partial charge in [0.25, 0.3) is 0 Å². The lowest BCUT2D eigenvalue weighted by atomic mass is 10.1. The van der Waals surface area contributed by atoms with Crippen molar-refractivity contribution in [1.29, 1.82) is 0 Å². The van der Waals surface area contributed by atoms with E-state index in [9.17, 15) is 5.11 Å². The predicted octanol–water partition coefficient (Wildman–Crippen LogP) is 3.72. The molecule has 0 spiro atoms. The summed E-state index contributed by atoms with van der Waals surface area (Å²) in [5.41, 5.74) is 2.41. The molecule has 2 nitrogen and oxygen atoms in total. The van der Waals surface area contributed by atoms with Crippen molar-refractivity contribution in [1.82, 2.24) is 5.32 Å². The Balaban J connectivity index is 1.75. The molecule has 1 heterocycles. The Morgan fingerprint density at radius 3 is 2.55 bits per heavy atom. The molecule has 0 saturated carbocycles. The van der Waals surface area contributed by atoms with Crippen molar-refractivity contribution in [3.8, 4) is 0 Å². The van der Waals surface area contributed by atoms with Crippen molar-refractivity contribution in [2.75, 3.05) is 6.61 Å².